The highest BCUT2D eigenvalue weighted by Crippen LogP contribution is 2.13. The van der Waals surface area contributed by atoms with Gasteiger partial charge in [0.1, 0.15) is 0 Å². The summed E-state index contributed by atoms with van der Waals surface area (Å²) in [5.41, 5.74) is 1.33. The summed E-state index contributed by atoms with van der Waals surface area (Å²) in [6.45, 7) is 3.23. The van der Waals surface area contributed by atoms with Crippen molar-refractivity contribution in [3.63, 3.8) is 0 Å². The van der Waals surface area contributed by atoms with Gasteiger partial charge in [0.25, 0.3) is 0 Å². The van der Waals surface area contributed by atoms with Crippen LogP contribution in [-0.4, -0.2) is 16.5 Å². The zero-order chi connectivity index (χ0) is 11.4. The van der Waals surface area contributed by atoms with Crippen molar-refractivity contribution in [2.45, 2.75) is 18.7 Å². The molecule has 0 radical (unpaired) electrons. The van der Waals surface area contributed by atoms with Crippen molar-refractivity contribution in [1.82, 2.24) is 0 Å². The zero-order valence-electron chi connectivity index (χ0n) is 8.58. The number of amides is 1. The molecule has 80 valence electrons. The summed E-state index contributed by atoms with van der Waals surface area (Å²) < 4.78 is 0. The van der Waals surface area contributed by atoms with Crippen LogP contribution in [0.5, 0.6) is 0 Å². The molecule has 0 saturated carbocycles. The van der Waals surface area contributed by atoms with Crippen LogP contribution < -0.4 is 5.32 Å². The molecule has 4 heteroatoms. The molecule has 1 atom stereocenters. The van der Waals surface area contributed by atoms with Crippen LogP contribution in [-0.2, 0) is 4.79 Å². The van der Waals surface area contributed by atoms with Gasteiger partial charge in [-0.1, -0.05) is 15.9 Å². The second-order valence-electron chi connectivity index (χ2n) is 3.24. The average molecular weight is 270 g/mol. The normalized spacial score (nSPS) is 11.9. The molecule has 0 saturated heterocycles. The number of carbonyl (C=O) groups is 2. The molecule has 0 aliphatic heterocycles. The minimum Gasteiger partial charge on any atom is -0.326 e. The topological polar surface area (TPSA) is 46.2 Å². The Morgan fingerprint density at radius 1 is 1.27 bits per heavy atom. The molecule has 1 aromatic rings. The Hall–Kier alpha value is -1.16. The maximum absolute atomic E-state index is 11.5. The highest BCUT2D eigenvalue weighted by Gasteiger charge is 2.11. The number of carbonyl (C=O) groups excluding carboxylic acids is 2. The largest absolute Gasteiger partial charge is 0.326 e. The van der Waals surface area contributed by atoms with Crippen LogP contribution >= 0.6 is 15.9 Å². The number of rotatable bonds is 3. The van der Waals surface area contributed by atoms with Gasteiger partial charge in [0.05, 0.1) is 4.83 Å². The van der Waals surface area contributed by atoms with Crippen LogP contribution in [0.25, 0.3) is 0 Å². The van der Waals surface area contributed by atoms with E-state index in [0.717, 1.165) is 0 Å². The Morgan fingerprint density at radius 3 is 2.20 bits per heavy atom. The lowest BCUT2D eigenvalue weighted by molar-refractivity contribution is -0.114. The first-order chi connectivity index (χ1) is 7.00. The molecule has 3 nitrogen and oxygen atoms in total. The quantitative estimate of drug-likeness (QED) is 0.677. The third-order valence-corrected chi connectivity index (χ3v) is 2.27. The van der Waals surface area contributed by atoms with Gasteiger partial charge in [-0.3, -0.25) is 9.59 Å². The summed E-state index contributed by atoms with van der Waals surface area (Å²) in [7, 11) is 0. The molecule has 15 heavy (non-hydrogen) atoms. The van der Waals surface area contributed by atoms with E-state index in [1.165, 1.54) is 6.92 Å². The molecule has 0 spiro atoms. The number of ketones is 1. The van der Waals surface area contributed by atoms with Crippen molar-refractivity contribution in [1.29, 1.82) is 0 Å². The SMILES string of the molecule is CC(=O)Nc1ccc(C(=O)[C@H](C)Br)cc1. The number of nitrogens with one attached hydrogen (secondary N) is 1. The number of hydrogen-bond acceptors (Lipinski definition) is 2. The van der Waals surface area contributed by atoms with E-state index in [2.05, 4.69) is 21.2 Å². The van der Waals surface area contributed by atoms with Crippen LogP contribution in [0.4, 0.5) is 5.69 Å². The molecular formula is C11H12BrNO2. The minimum absolute atomic E-state index is 0.0318. The van der Waals surface area contributed by atoms with E-state index in [0.29, 0.717) is 11.3 Å². The highest BCUT2D eigenvalue weighted by atomic mass is 79.9. The number of Topliss-reactive ketones (excluding diaryl/α,β-unsaturated/α-hetero) is 1. The summed E-state index contributed by atoms with van der Waals surface area (Å²) >= 11 is 3.22. The minimum atomic E-state index is -0.191. The van der Waals surface area contributed by atoms with Crippen LogP contribution in [0.15, 0.2) is 24.3 Å². The summed E-state index contributed by atoms with van der Waals surface area (Å²) in [6, 6.07) is 6.82. The van der Waals surface area contributed by atoms with Crippen molar-refractivity contribution < 1.29 is 9.59 Å². The standard InChI is InChI=1S/C11H12BrNO2/c1-7(12)11(15)9-3-5-10(6-4-9)13-8(2)14/h3-7H,1-2H3,(H,13,14)/t7-/m0/s1. The van der Waals surface area contributed by atoms with Gasteiger partial charge >= 0.3 is 0 Å². The lowest BCUT2D eigenvalue weighted by atomic mass is 10.1. The predicted molar refractivity (Wildman–Crippen MR) is 63.5 cm³/mol. The number of hydrogen-bond donors (Lipinski definition) is 1. The molecule has 1 rings (SSSR count). The second-order valence-corrected chi connectivity index (χ2v) is 4.61. The highest BCUT2D eigenvalue weighted by molar-refractivity contribution is 9.10. The molecule has 1 amide bonds. The fraction of sp³-hybridized carbons (Fsp3) is 0.273. The molecule has 0 unspecified atom stereocenters. The van der Waals surface area contributed by atoms with Crippen LogP contribution in [0, 0.1) is 0 Å². The van der Waals surface area contributed by atoms with E-state index >= 15 is 0 Å². The van der Waals surface area contributed by atoms with Gasteiger partial charge < -0.3 is 5.32 Å². The van der Waals surface area contributed by atoms with Crippen molar-refractivity contribution in [3.8, 4) is 0 Å². The van der Waals surface area contributed by atoms with Gasteiger partial charge in [-0.05, 0) is 31.2 Å². The van der Waals surface area contributed by atoms with E-state index in [4.69, 9.17) is 0 Å². The van der Waals surface area contributed by atoms with E-state index < -0.39 is 0 Å². The summed E-state index contributed by atoms with van der Waals surface area (Å²) in [5, 5.41) is 2.64. The van der Waals surface area contributed by atoms with Gasteiger partial charge in [0, 0.05) is 18.2 Å². The average Bonchev–Trinajstić information content (AvgIpc) is 2.17. The van der Waals surface area contributed by atoms with Crippen LogP contribution in [0.1, 0.15) is 24.2 Å². The van der Waals surface area contributed by atoms with Gasteiger partial charge in [-0.15, -0.1) is 0 Å². The number of anilines is 1. The van der Waals surface area contributed by atoms with E-state index in [-0.39, 0.29) is 16.5 Å². The Kier molecular flexibility index (Phi) is 4.03. The van der Waals surface area contributed by atoms with E-state index in [9.17, 15) is 9.59 Å². The third kappa shape index (κ3) is 3.47. The number of alkyl halides is 1. The number of benzene rings is 1. The molecule has 0 aliphatic carbocycles. The van der Waals surface area contributed by atoms with Gasteiger partial charge in [-0.2, -0.15) is 0 Å². The molecule has 0 aromatic heterocycles. The van der Waals surface area contributed by atoms with Gasteiger partial charge in [0.2, 0.25) is 5.91 Å². The molecule has 0 heterocycles. The summed E-state index contributed by atoms with van der Waals surface area (Å²) in [4.78, 5) is 22.1. The Labute approximate surface area is 97.0 Å². The molecule has 1 aromatic carbocycles. The first-order valence-electron chi connectivity index (χ1n) is 4.56. The van der Waals surface area contributed by atoms with Crippen LogP contribution in [0.2, 0.25) is 0 Å². The van der Waals surface area contributed by atoms with Crippen molar-refractivity contribution >= 4 is 33.3 Å². The lowest BCUT2D eigenvalue weighted by Crippen LogP contribution is -2.10. The zero-order valence-corrected chi connectivity index (χ0v) is 10.2. The van der Waals surface area contributed by atoms with Crippen molar-refractivity contribution in [2.24, 2.45) is 0 Å². The molecule has 0 bridgehead atoms. The van der Waals surface area contributed by atoms with E-state index in [1.54, 1.807) is 31.2 Å². The predicted octanol–water partition coefficient (Wildman–Crippen LogP) is 2.61. The Balaban J connectivity index is 2.81. The maximum atomic E-state index is 11.5. The lowest BCUT2D eigenvalue weighted by Gasteiger charge is -2.05. The second kappa shape index (κ2) is 5.07. The molecule has 1 N–H and O–H groups in total. The fourth-order valence-electron chi connectivity index (χ4n) is 1.15. The van der Waals surface area contributed by atoms with Gasteiger partial charge in [-0.25, -0.2) is 0 Å². The van der Waals surface area contributed by atoms with Crippen molar-refractivity contribution in [2.75, 3.05) is 5.32 Å². The monoisotopic (exact) mass is 269 g/mol. The first-order valence-corrected chi connectivity index (χ1v) is 5.48. The first kappa shape index (κ1) is 11.9. The van der Waals surface area contributed by atoms with Gasteiger partial charge in [0.15, 0.2) is 5.78 Å². The maximum Gasteiger partial charge on any atom is 0.221 e. The van der Waals surface area contributed by atoms with Crippen molar-refractivity contribution in [3.05, 3.63) is 29.8 Å². The smallest absolute Gasteiger partial charge is 0.221 e. The third-order valence-electron chi connectivity index (χ3n) is 1.85. The number of halogens is 1. The Bertz CT molecular complexity index is 371. The van der Waals surface area contributed by atoms with E-state index in [1.807, 2.05) is 0 Å². The fourth-order valence-corrected chi connectivity index (χ4v) is 1.42. The Morgan fingerprint density at radius 2 is 1.80 bits per heavy atom. The van der Waals surface area contributed by atoms with Crippen LogP contribution in [0.3, 0.4) is 0 Å². The molecule has 0 fully saturated rings. The summed E-state index contributed by atoms with van der Waals surface area (Å²) in [6.07, 6.45) is 0. The summed E-state index contributed by atoms with van der Waals surface area (Å²) in [5.74, 6) is -0.0905. The molecule has 0 aliphatic rings. The molecular weight excluding hydrogens is 258 g/mol.